The summed E-state index contributed by atoms with van der Waals surface area (Å²) in [4.78, 5) is 4.52. The molecule has 1 aliphatic carbocycles. The van der Waals surface area contributed by atoms with Crippen LogP contribution in [-0.2, 0) is 4.74 Å². The molecule has 13 heavy (non-hydrogen) atoms. The van der Waals surface area contributed by atoms with Gasteiger partial charge in [-0.25, -0.2) is 4.99 Å². The zero-order valence-corrected chi connectivity index (χ0v) is 8.03. The topological polar surface area (TPSA) is 21.6 Å². The predicted octanol–water partition coefficient (Wildman–Crippen LogP) is 1.84. The fraction of sp³-hybridized carbons (Fsp3) is 0.455. The van der Waals surface area contributed by atoms with E-state index in [4.69, 9.17) is 4.74 Å². The normalized spacial score (nSPS) is 29.5. The van der Waals surface area contributed by atoms with Gasteiger partial charge in [0.15, 0.2) is 5.90 Å². The number of rotatable bonds is 2. The van der Waals surface area contributed by atoms with E-state index in [1.54, 1.807) is 0 Å². The molecule has 2 heteroatoms. The molecule has 0 unspecified atom stereocenters. The minimum absolute atomic E-state index is 0.338. The van der Waals surface area contributed by atoms with E-state index in [0.29, 0.717) is 12.0 Å². The van der Waals surface area contributed by atoms with Crippen LogP contribution in [0.4, 0.5) is 0 Å². The Morgan fingerprint density at radius 3 is 2.62 bits per heavy atom. The van der Waals surface area contributed by atoms with Crippen LogP contribution in [0.2, 0.25) is 0 Å². The van der Waals surface area contributed by atoms with Gasteiger partial charge >= 0.3 is 0 Å². The summed E-state index contributed by atoms with van der Waals surface area (Å²) in [6, 6.07) is 0.338. The third kappa shape index (κ3) is 1.87. The van der Waals surface area contributed by atoms with E-state index in [1.807, 2.05) is 25.7 Å². The molecule has 1 atom stereocenters. The minimum atomic E-state index is 0.338. The molecule has 1 fully saturated rings. The number of hydrogen-bond donors (Lipinski definition) is 0. The third-order valence-electron chi connectivity index (χ3n) is 2.35. The maximum Gasteiger partial charge on any atom is 0.191 e. The standard InChI is InChI=1S/C11H14NO/c1-8(2)10-7-13-11(12-10)9-5-3-4-6-9/h3-6,8,10H,7H2,1-2H3/t10-/m0/s1. The molecule has 1 heterocycles. The predicted molar refractivity (Wildman–Crippen MR) is 52.5 cm³/mol. The number of nitrogens with zero attached hydrogens (tertiary/aromatic N) is 1. The van der Waals surface area contributed by atoms with E-state index in [2.05, 4.69) is 18.8 Å². The summed E-state index contributed by atoms with van der Waals surface area (Å²) in [6.45, 7) is 5.08. The van der Waals surface area contributed by atoms with Crippen molar-refractivity contribution in [1.82, 2.24) is 0 Å². The molecule has 5 radical (unpaired) electrons. The summed E-state index contributed by atoms with van der Waals surface area (Å²) in [5.74, 6) is 2.47. The maximum absolute atomic E-state index is 5.52. The van der Waals surface area contributed by atoms with Crippen LogP contribution >= 0.6 is 0 Å². The number of aliphatic imine (C=N–C) groups is 1. The van der Waals surface area contributed by atoms with E-state index < -0.39 is 0 Å². The van der Waals surface area contributed by atoms with Gasteiger partial charge in [0.1, 0.15) is 6.61 Å². The van der Waals surface area contributed by atoms with E-state index in [-0.39, 0.29) is 0 Å². The molecule has 69 valence electrons. The van der Waals surface area contributed by atoms with Crippen LogP contribution in [0.25, 0.3) is 0 Å². The zero-order valence-electron chi connectivity index (χ0n) is 8.03. The Kier molecular flexibility index (Phi) is 2.56. The van der Waals surface area contributed by atoms with Gasteiger partial charge in [0.25, 0.3) is 0 Å². The molecule has 2 nitrogen and oxygen atoms in total. The quantitative estimate of drug-likeness (QED) is 0.629. The Hall–Kier alpha value is -0.530. The molecule has 0 saturated heterocycles. The van der Waals surface area contributed by atoms with Gasteiger partial charge in [-0.2, -0.15) is 0 Å². The summed E-state index contributed by atoms with van der Waals surface area (Å²) in [6.07, 6.45) is 8.07. The maximum atomic E-state index is 5.52. The second-order valence-corrected chi connectivity index (χ2v) is 3.73. The van der Waals surface area contributed by atoms with Gasteiger partial charge in [0, 0.05) is 0 Å². The van der Waals surface area contributed by atoms with Gasteiger partial charge in [-0.15, -0.1) is 0 Å². The average molecular weight is 176 g/mol. The largest absolute Gasteiger partial charge is 0.478 e. The number of hydrogen-bond acceptors (Lipinski definition) is 2. The van der Waals surface area contributed by atoms with Gasteiger partial charge in [-0.3, -0.25) is 0 Å². The fourth-order valence-corrected chi connectivity index (χ4v) is 1.41. The molecular formula is C11H14NO. The van der Waals surface area contributed by atoms with E-state index >= 15 is 0 Å². The van der Waals surface area contributed by atoms with Crippen molar-refractivity contribution < 1.29 is 4.74 Å². The van der Waals surface area contributed by atoms with Crippen molar-refractivity contribution in [3.8, 4) is 0 Å². The second-order valence-electron chi connectivity index (χ2n) is 3.73. The van der Waals surface area contributed by atoms with Crippen molar-refractivity contribution in [3.05, 3.63) is 31.6 Å². The Morgan fingerprint density at radius 2 is 2.08 bits per heavy atom. The first kappa shape index (κ1) is 9.04. The lowest BCUT2D eigenvalue weighted by Crippen LogP contribution is -2.13. The van der Waals surface area contributed by atoms with Gasteiger partial charge in [0.05, 0.1) is 12.0 Å². The van der Waals surface area contributed by atoms with Crippen molar-refractivity contribution in [2.24, 2.45) is 10.9 Å². The molecule has 0 spiro atoms. The highest BCUT2D eigenvalue weighted by Gasteiger charge is 2.30. The molecule has 1 saturated carbocycles. The lowest BCUT2D eigenvalue weighted by molar-refractivity contribution is 0.289. The van der Waals surface area contributed by atoms with Crippen LogP contribution in [0.1, 0.15) is 13.8 Å². The van der Waals surface area contributed by atoms with Crippen molar-refractivity contribution in [2.75, 3.05) is 6.61 Å². The molecule has 0 aromatic heterocycles. The molecule has 0 N–H and O–H groups in total. The lowest BCUT2D eigenvalue weighted by atomic mass is 10.1. The molecule has 2 rings (SSSR count). The van der Waals surface area contributed by atoms with E-state index in [1.165, 1.54) is 0 Å². The summed E-state index contributed by atoms with van der Waals surface area (Å²) < 4.78 is 5.52. The Morgan fingerprint density at radius 1 is 1.38 bits per heavy atom. The molecule has 0 aromatic rings. The van der Waals surface area contributed by atoms with Crippen molar-refractivity contribution in [3.63, 3.8) is 0 Å². The number of ether oxygens (including phenoxy) is 1. The zero-order chi connectivity index (χ0) is 9.26. The van der Waals surface area contributed by atoms with Crippen LogP contribution in [0.5, 0.6) is 0 Å². The molecule has 2 aliphatic rings. The van der Waals surface area contributed by atoms with Gasteiger partial charge < -0.3 is 4.74 Å². The van der Waals surface area contributed by atoms with Crippen molar-refractivity contribution in [2.45, 2.75) is 19.9 Å². The van der Waals surface area contributed by atoms with E-state index in [0.717, 1.165) is 18.4 Å². The summed E-state index contributed by atoms with van der Waals surface area (Å²) in [5, 5.41) is 0. The smallest absolute Gasteiger partial charge is 0.191 e. The SMILES string of the molecule is CC(C)[C@@H]1COC([C]2[CH][CH][CH][CH]2)=N1. The molecule has 0 aromatic carbocycles. The van der Waals surface area contributed by atoms with Crippen LogP contribution in [0.15, 0.2) is 4.99 Å². The Bertz CT molecular complexity index is 204. The Labute approximate surface area is 80.4 Å². The fourth-order valence-electron chi connectivity index (χ4n) is 1.41. The summed E-state index contributed by atoms with van der Waals surface area (Å²) in [7, 11) is 0. The molecule has 0 amide bonds. The minimum Gasteiger partial charge on any atom is -0.478 e. The molecule has 0 bridgehead atoms. The first-order chi connectivity index (χ1) is 6.27. The molecular weight excluding hydrogens is 162 g/mol. The molecule has 1 aliphatic heterocycles. The highest BCUT2D eigenvalue weighted by molar-refractivity contribution is 5.96. The van der Waals surface area contributed by atoms with Crippen molar-refractivity contribution in [1.29, 1.82) is 0 Å². The van der Waals surface area contributed by atoms with Gasteiger partial charge in [-0.05, 0) is 31.6 Å². The Balaban J connectivity index is 1.97. The second kappa shape index (κ2) is 3.69. The van der Waals surface area contributed by atoms with E-state index in [9.17, 15) is 0 Å². The van der Waals surface area contributed by atoms with Crippen LogP contribution < -0.4 is 0 Å². The monoisotopic (exact) mass is 176 g/mol. The lowest BCUT2D eigenvalue weighted by Gasteiger charge is -2.06. The van der Waals surface area contributed by atoms with Gasteiger partial charge in [-0.1, -0.05) is 13.8 Å². The first-order valence-electron chi connectivity index (χ1n) is 4.70. The summed E-state index contributed by atoms with van der Waals surface area (Å²) >= 11 is 0. The average Bonchev–Trinajstić information content (AvgIpc) is 2.75. The van der Waals surface area contributed by atoms with Crippen LogP contribution in [0, 0.1) is 37.5 Å². The van der Waals surface area contributed by atoms with Crippen LogP contribution in [-0.4, -0.2) is 18.5 Å². The first-order valence-corrected chi connectivity index (χ1v) is 4.70. The van der Waals surface area contributed by atoms with Crippen molar-refractivity contribution >= 4 is 5.90 Å². The third-order valence-corrected chi connectivity index (χ3v) is 2.35. The van der Waals surface area contributed by atoms with Gasteiger partial charge in [0.2, 0.25) is 0 Å². The van der Waals surface area contributed by atoms with Crippen LogP contribution in [0.3, 0.4) is 0 Å². The summed E-state index contributed by atoms with van der Waals surface area (Å²) in [5.41, 5.74) is 0. The highest BCUT2D eigenvalue weighted by atomic mass is 16.5. The highest BCUT2D eigenvalue weighted by Crippen LogP contribution is 2.28.